The third-order valence-corrected chi connectivity index (χ3v) is 9.13. The molecule has 0 aliphatic heterocycles. The van der Waals surface area contributed by atoms with Crippen LogP contribution in [0.1, 0.15) is 44.2 Å². The predicted molar refractivity (Wildman–Crippen MR) is 169 cm³/mol. The molecule has 1 unspecified atom stereocenters. The molecule has 1 atom stereocenters. The zero-order valence-corrected chi connectivity index (χ0v) is 27.0. The molecule has 0 radical (unpaired) electrons. The van der Waals surface area contributed by atoms with E-state index in [1.54, 1.807) is 6.92 Å². The van der Waals surface area contributed by atoms with Gasteiger partial charge in [0.05, 0.1) is 22.6 Å². The highest BCUT2D eigenvalue weighted by atomic mass is 35.5. The first kappa shape index (κ1) is 35.3. The summed E-state index contributed by atoms with van der Waals surface area (Å²) in [7, 11) is -3.35. The standard InChI is InChI=1S/C31H36ClFN4O7S/c1-5-7-16-34-31(39)26(6-2)35(19-22-9-12-24(33)13-10-22)30(38)20-36(28-17-23(32)11-15-29(28)44-4)45(42,43)25-14-8-21(3)27(18-25)37(40)41/h8-15,17-18,26H,5-7,16,19-20H2,1-4H3,(H,34,39). The van der Waals surface area contributed by atoms with Crippen LogP contribution in [0.15, 0.2) is 65.6 Å². The minimum absolute atomic E-state index is 0.0619. The zero-order chi connectivity index (χ0) is 33.3. The van der Waals surface area contributed by atoms with Gasteiger partial charge in [-0.3, -0.25) is 24.0 Å². The number of ether oxygens (including phenoxy) is 1. The van der Waals surface area contributed by atoms with E-state index in [0.717, 1.165) is 23.2 Å². The van der Waals surface area contributed by atoms with Gasteiger partial charge in [-0.25, -0.2) is 12.8 Å². The quantitative estimate of drug-likeness (QED) is 0.127. The molecule has 3 aromatic rings. The minimum atomic E-state index is -4.66. The summed E-state index contributed by atoms with van der Waals surface area (Å²) in [5.74, 6) is -1.61. The average Bonchev–Trinajstić information content (AvgIpc) is 3.00. The van der Waals surface area contributed by atoms with E-state index in [2.05, 4.69) is 5.32 Å². The third-order valence-electron chi connectivity index (χ3n) is 7.14. The average molecular weight is 663 g/mol. The van der Waals surface area contributed by atoms with Crippen molar-refractivity contribution in [1.29, 1.82) is 0 Å². The van der Waals surface area contributed by atoms with Gasteiger partial charge in [-0.1, -0.05) is 50.1 Å². The Morgan fingerprint density at radius 3 is 2.38 bits per heavy atom. The fraction of sp³-hybridized carbons (Fsp3) is 0.355. The van der Waals surface area contributed by atoms with Gasteiger partial charge in [0.2, 0.25) is 11.8 Å². The Morgan fingerprint density at radius 2 is 1.78 bits per heavy atom. The second-order valence-electron chi connectivity index (χ2n) is 10.2. The Balaban J connectivity index is 2.16. The molecule has 2 amide bonds. The Kier molecular flexibility index (Phi) is 12.3. The fourth-order valence-electron chi connectivity index (χ4n) is 4.66. The van der Waals surface area contributed by atoms with Crippen LogP contribution in [0.4, 0.5) is 15.8 Å². The van der Waals surface area contributed by atoms with Crippen molar-refractivity contribution >= 4 is 44.8 Å². The number of methoxy groups -OCH3 is 1. The van der Waals surface area contributed by atoms with Gasteiger partial charge in [-0.15, -0.1) is 0 Å². The van der Waals surface area contributed by atoms with Crippen molar-refractivity contribution in [3.63, 3.8) is 0 Å². The number of nitrogens with zero attached hydrogens (tertiary/aromatic N) is 3. The summed E-state index contributed by atoms with van der Waals surface area (Å²) < 4.78 is 48.3. The van der Waals surface area contributed by atoms with Crippen LogP contribution in [0, 0.1) is 22.9 Å². The Bertz CT molecular complexity index is 1640. The lowest BCUT2D eigenvalue weighted by molar-refractivity contribution is -0.385. The Hall–Kier alpha value is -4.23. The van der Waals surface area contributed by atoms with E-state index >= 15 is 0 Å². The SMILES string of the molecule is CCCCNC(=O)C(CC)N(Cc1ccc(F)cc1)C(=O)CN(c1cc(Cl)ccc1OC)S(=O)(=O)c1ccc(C)c([N+](=O)[O-])c1. The maximum atomic E-state index is 14.2. The van der Waals surface area contributed by atoms with Crippen LogP contribution in [-0.4, -0.2) is 56.3 Å². The second kappa shape index (κ2) is 15.7. The number of amides is 2. The Morgan fingerprint density at radius 1 is 1.09 bits per heavy atom. The van der Waals surface area contributed by atoms with Crippen molar-refractivity contribution in [2.75, 3.05) is 24.5 Å². The van der Waals surface area contributed by atoms with Gasteiger partial charge in [0.25, 0.3) is 15.7 Å². The van der Waals surface area contributed by atoms with Crippen LogP contribution < -0.4 is 14.4 Å². The molecule has 11 nitrogen and oxygen atoms in total. The number of hydrogen-bond acceptors (Lipinski definition) is 7. The number of carbonyl (C=O) groups is 2. The summed E-state index contributed by atoms with van der Waals surface area (Å²) in [4.78, 5) is 39.3. The van der Waals surface area contributed by atoms with Gasteiger partial charge < -0.3 is 15.0 Å². The van der Waals surface area contributed by atoms with Crippen molar-refractivity contribution in [3.8, 4) is 5.75 Å². The molecule has 0 saturated carbocycles. The summed E-state index contributed by atoms with van der Waals surface area (Å²) in [5.41, 5.74) is 0.234. The van der Waals surface area contributed by atoms with Crippen molar-refractivity contribution in [1.82, 2.24) is 10.2 Å². The number of sulfonamides is 1. The van der Waals surface area contributed by atoms with Gasteiger partial charge >= 0.3 is 0 Å². The van der Waals surface area contributed by atoms with Crippen LogP contribution in [0.2, 0.25) is 5.02 Å². The maximum absolute atomic E-state index is 14.2. The molecule has 3 rings (SSSR count). The van der Waals surface area contributed by atoms with E-state index in [1.807, 2.05) is 6.92 Å². The first-order valence-electron chi connectivity index (χ1n) is 14.3. The molecule has 0 fully saturated rings. The molecule has 242 valence electrons. The van der Waals surface area contributed by atoms with Gasteiger partial charge in [0.1, 0.15) is 24.2 Å². The molecule has 3 aromatic carbocycles. The molecule has 0 aliphatic carbocycles. The number of nitro benzene ring substituents is 1. The first-order chi connectivity index (χ1) is 21.3. The molecule has 14 heteroatoms. The number of benzene rings is 3. The summed E-state index contributed by atoms with van der Waals surface area (Å²) in [5, 5.41) is 14.6. The smallest absolute Gasteiger partial charge is 0.273 e. The highest BCUT2D eigenvalue weighted by Crippen LogP contribution is 2.36. The zero-order valence-electron chi connectivity index (χ0n) is 25.5. The predicted octanol–water partition coefficient (Wildman–Crippen LogP) is 5.62. The van der Waals surface area contributed by atoms with Gasteiger partial charge in [-0.05, 0) is 61.7 Å². The van der Waals surface area contributed by atoms with E-state index in [0.29, 0.717) is 12.1 Å². The molecule has 0 heterocycles. The highest BCUT2D eigenvalue weighted by molar-refractivity contribution is 7.92. The molecule has 0 saturated heterocycles. The summed E-state index contributed by atoms with van der Waals surface area (Å²) >= 11 is 6.25. The largest absolute Gasteiger partial charge is 0.495 e. The number of hydrogen-bond donors (Lipinski definition) is 1. The van der Waals surface area contributed by atoms with Crippen LogP contribution in [0.5, 0.6) is 5.75 Å². The van der Waals surface area contributed by atoms with Crippen LogP contribution in [0.3, 0.4) is 0 Å². The number of halogens is 2. The normalized spacial score (nSPS) is 11.9. The van der Waals surface area contributed by atoms with Gasteiger partial charge in [0, 0.05) is 29.7 Å². The molecular weight excluding hydrogens is 627 g/mol. The lowest BCUT2D eigenvalue weighted by Gasteiger charge is -2.33. The number of unbranched alkanes of at least 4 members (excludes halogenated alkanes) is 1. The van der Waals surface area contributed by atoms with Crippen molar-refractivity contribution in [2.24, 2.45) is 0 Å². The number of nitro groups is 1. The Labute approximate surface area is 267 Å². The molecule has 0 spiro atoms. The lowest BCUT2D eigenvalue weighted by Crippen LogP contribution is -2.52. The number of aryl methyl sites for hydroxylation is 1. The van der Waals surface area contributed by atoms with Crippen LogP contribution in [-0.2, 0) is 26.2 Å². The van der Waals surface area contributed by atoms with E-state index in [1.165, 1.54) is 73.5 Å². The number of rotatable bonds is 15. The number of nitrogens with one attached hydrogen (secondary N) is 1. The maximum Gasteiger partial charge on any atom is 0.273 e. The first-order valence-corrected chi connectivity index (χ1v) is 16.1. The van der Waals surface area contributed by atoms with E-state index in [4.69, 9.17) is 16.3 Å². The summed E-state index contributed by atoms with van der Waals surface area (Å²) in [6.07, 6.45) is 1.75. The third kappa shape index (κ3) is 8.70. The fourth-order valence-corrected chi connectivity index (χ4v) is 6.26. The van der Waals surface area contributed by atoms with E-state index in [9.17, 15) is 32.5 Å². The van der Waals surface area contributed by atoms with Gasteiger partial charge in [0.15, 0.2) is 0 Å². The van der Waals surface area contributed by atoms with Crippen molar-refractivity contribution < 1.29 is 32.1 Å². The number of carbonyl (C=O) groups excluding carboxylic acids is 2. The molecule has 1 N–H and O–H groups in total. The molecule has 0 aromatic heterocycles. The molecule has 0 aliphatic rings. The number of anilines is 1. The van der Waals surface area contributed by atoms with Gasteiger partial charge in [-0.2, -0.15) is 0 Å². The summed E-state index contributed by atoms with van der Waals surface area (Å²) in [6, 6.07) is 12.0. The van der Waals surface area contributed by atoms with Crippen LogP contribution >= 0.6 is 11.6 Å². The minimum Gasteiger partial charge on any atom is -0.495 e. The monoisotopic (exact) mass is 662 g/mol. The van der Waals surface area contributed by atoms with Crippen LogP contribution in [0.25, 0.3) is 0 Å². The van der Waals surface area contributed by atoms with Crippen molar-refractivity contribution in [2.45, 2.75) is 57.5 Å². The highest BCUT2D eigenvalue weighted by Gasteiger charge is 2.35. The summed E-state index contributed by atoms with van der Waals surface area (Å²) in [6.45, 7) is 4.59. The van der Waals surface area contributed by atoms with Crippen molar-refractivity contribution in [3.05, 3.63) is 92.7 Å². The molecule has 0 bridgehead atoms. The van der Waals surface area contributed by atoms with E-state index in [-0.39, 0.29) is 35.0 Å². The second-order valence-corrected chi connectivity index (χ2v) is 12.5. The molecule has 45 heavy (non-hydrogen) atoms. The van der Waals surface area contributed by atoms with E-state index < -0.39 is 55.7 Å². The molecular formula is C31H36ClFN4O7S. The topological polar surface area (TPSA) is 139 Å². The lowest BCUT2D eigenvalue weighted by atomic mass is 10.1.